The Hall–Kier alpha value is -0.650. The summed E-state index contributed by atoms with van der Waals surface area (Å²) in [6, 6.07) is 0. The van der Waals surface area contributed by atoms with Crippen molar-refractivity contribution >= 4 is 5.91 Å². The third kappa shape index (κ3) is 4.75. The SMILES string of the molecule is O=C(CN1CCN(CCO)CC1)N1CCCCCC1. The Kier molecular flexibility index (Phi) is 6.07. The molecule has 0 saturated carbocycles. The van der Waals surface area contributed by atoms with Crippen molar-refractivity contribution in [2.45, 2.75) is 25.7 Å². The Balaban J connectivity index is 1.70. The maximum absolute atomic E-state index is 12.3. The summed E-state index contributed by atoms with van der Waals surface area (Å²) >= 11 is 0. The molecule has 0 bridgehead atoms. The number of piperazine rings is 1. The predicted octanol–water partition coefficient (Wildman–Crippen LogP) is -0.00110. The quantitative estimate of drug-likeness (QED) is 0.780. The van der Waals surface area contributed by atoms with E-state index in [9.17, 15) is 4.79 Å². The van der Waals surface area contributed by atoms with Gasteiger partial charge in [-0.1, -0.05) is 12.8 Å². The molecule has 2 heterocycles. The fourth-order valence-electron chi connectivity index (χ4n) is 2.92. The zero-order valence-electron chi connectivity index (χ0n) is 11.9. The summed E-state index contributed by atoms with van der Waals surface area (Å²) in [7, 11) is 0. The lowest BCUT2D eigenvalue weighted by atomic mass is 10.2. The highest BCUT2D eigenvalue weighted by Crippen LogP contribution is 2.10. The van der Waals surface area contributed by atoms with Gasteiger partial charge in [0, 0.05) is 45.8 Å². The number of nitrogens with zero attached hydrogens (tertiary/aromatic N) is 3. The van der Waals surface area contributed by atoms with Gasteiger partial charge in [-0.25, -0.2) is 0 Å². The van der Waals surface area contributed by atoms with E-state index < -0.39 is 0 Å². The minimum absolute atomic E-state index is 0.229. The molecule has 2 aliphatic heterocycles. The van der Waals surface area contributed by atoms with Crippen LogP contribution in [0.3, 0.4) is 0 Å². The van der Waals surface area contributed by atoms with E-state index in [1.165, 1.54) is 12.8 Å². The number of rotatable bonds is 4. The van der Waals surface area contributed by atoms with Crippen LogP contribution in [-0.2, 0) is 4.79 Å². The molecule has 5 nitrogen and oxygen atoms in total. The third-order valence-electron chi connectivity index (χ3n) is 4.20. The molecule has 1 amide bonds. The number of aliphatic hydroxyl groups excluding tert-OH is 1. The van der Waals surface area contributed by atoms with E-state index in [-0.39, 0.29) is 6.61 Å². The lowest BCUT2D eigenvalue weighted by Crippen LogP contribution is -2.50. The lowest BCUT2D eigenvalue weighted by Gasteiger charge is -2.35. The highest BCUT2D eigenvalue weighted by Gasteiger charge is 2.21. The summed E-state index contributed by atoms with van der Waals surface area (Å²) in [5.41, 5.74) is 0. The molecular weight excluding hydrogens is 242 g/mol. The van der Waals surface area contributed by atoms with Gasteiger partial charge in [0.25, 0.3) is 0 Å². The number of carbonyl (C=O) groups excluding carboxylic acids is 1. The van der Waals surface area contributed by atoms with Crippen LogP contribution in [0.15, 0.2) is 0 Å². The van der Waals surface area contributed by atoms with Gasteiger partial charge in [0.15, 0.2) is 0 Å². The van der Waals surface area contributed by atoms with E-state index >= 15 is 0 Å². The second kappa shape index (κ2) is 7.82. The van der Waals surface area contributed by atoms with Crippen molar-refractivity contribution in [3.05, 3.63) is 0 Å². The minimum atomic E-state index is 0.229. The lowest BCUT2D eigenvalue weighted by molar-refractivity contribution is -0.132. The van der Waals surface area contributed by atoms with Gasteiger partial charge < -0.3 is 10.0 Å². The standard InChI is InChI=1S/C14H27N3O2/c18-12-11-15-7-9-16(10-8-15)13-14(19)17-5-3-1-2-4-6-17/h18H,1-13H2. The summed E-state index contributed by atoms with van der Waals surface area (Å²) in [4.78, 5) is 18.8. The molecule has 0 aromatic heterocycles. The molecule has 0 aliphatic carbocycles. The minimum Gasteiger partial charge on any atom is -0.395 e. The first-order chi connectivity index (χ1) is 9.29. The Bertz CT molecular complexity index is 270. The van der Waals surface area contributed by atoms with Crippen LogP contribution < -0.4 is 0 Å². The molecule has 0 aromatic rings. The van der Waals surface area contributed by atoms with Gasteiger partial charge in [0.05, 0.1) is 13.2 Å². The number of β-amino-alcohol motifs (C(OH)–C–C–N with tert-alkyl or cyclic N) is 1. The molecular formula is C14H27N3O2. The Morgan fingerprint density at radius 3 is 2.00 bits per heavy atom. The molecule has 2 rings (SSSR count). The van der Waals surface area contributed by atoms with E-state index in [2.05, 4.69) is 9.80 Å². The van der Waals surface area contributed by atoms with Crippen LogP contribution in [0, 0.1) is 0 Å². The molecule has 0 aromatic carbocycles. The topological polar surface area (TPSA) is 47.0 Å². The molecule has 1 N–H and O–H groups in total. The van der Waals surface area contributed by atoms with Crippen molar-refractivity contribution < 1.29 is 9.90 Å². The Labute approximate surface area is 116 Å². The number of aliphatic hydroxyl groups is 1. The van der Waals surface area contributed by atoms with Gasteiger partial charge in [-0.2, -0.15) is 0 Å². The maximum atomic E-state index is 12.3. The van der Waals surface area contributed by atoms with Crippen LogP contribution in [0.4, 0.5) is 0 Å². The van der Waals surface area contributed by atoms with Crippen molar-refractivity contribution in [2.24, 2.45) is 0 Å². The van der Waals surface area contributed by atoms with Crippen LogP contribution in [0.1, 0.15) is 25.7 Å². The molecule has 110 valence electrons. The van der Waals surface area contributed by atoms with Gasteiger partial charge in [0.2, 0.25) is 5.91 Å². The third-order valence-corrected chi connectivity index (χ3v) is 4.20. The molecule has 0 atom stereocenters. The first kappa shape index (κ1) is 14.8. The molecule has 2 aliphatic rings. The first-order valence-electron chi connectivity index (χ1n) is 7.63. The Morgan fingerprint density at radius 1 is 0.842 bits per heavy atom. The van der Waals surface area contributed by atoms with E-state index in [0.29, 0.717) is 12.5 Å². The number of amides is 1. The van der Waals surface area contributed by atoms with E-state index in [1.807, 2.05) is 4.90 Å². The summed E-state index contributed by atoms with van der Waals surface area (Å²) in [5, 5.41) is 8.91. The molecule has 2 fully saturated rings. The van der Waals surface area contributed by atoms with Crippen LogP contribution in [0.5, 0.6) is 0 Å². The largest absolute Gasteiger partial charge is 0.395 e. The predicted molar refractivity (Wildman–Crippen MR) is 75.0 cm³/mol. The van der Waals surface area contributed by atoms with Crippen LogP contribution in [0.2, 0.25) is 0 Å². The number of hydrogen-bond acceptors (Lipinski definition) is 4. The molecule has 19 heavy (non-hydrogen) atoms. The summed E-state index contributed by atoms with van der Waals surface area (Å²) in [6.07, 6.45) is 4.86. The summed E-state index contributed by atoms with van der Waals surface area (Å²) in [6.45, 7) is 7.28. The van der Waals surface area contributed by atoms with Crippen molar-refractivity contribution in [1.29, 1.82) is 0 Å². The fourth-order valence-corrected chi connectivity index (χ4v) is 2.92. The zero-order valence-corrected chi connectivity index (χ0v) is 11.9. The normalized spacial score (nSPS) is 23.3. The number of carbonyl (C=O) groups is 1. The smallest absolute Gasteiger partial charge is 0.236 e. The monoisotopic (exact) mass is 269 g/mol. The summed E-state index contributed by atoms with van der Waals surface area (Å²) in [5.74, 6) is 0.303. The average Bonchev–Trinajstić information content (AvgIpc) is 2.70. The number of likely N-dealkylation sites (tertiary alicyclic amines) is 1. The molecule has 2 saturated heterocycles. The molecule has 5 heteroatoms. The highest BCUT2D eigenvalue weighted by atomic mass is 16.3. The van der Waals surface area contributed by atoms with Crippen LogP contribution >= 0.6 is 0 Å². The van der Waals surface area contributed by atoms with Gasteiger partial charge in [0.1, 0.15) is 0 Å². The van der Waals surface area contributed by atoms with E-state index in [4.69, 9.17) is 5.11 Å². The fraction of sp³-hybridized carbons (Fsp3) is 0.929. The van der Waals surface area contributed by atoms with Crippen molar-refractivity contribution in [1.82, 2.24) is 14.7 Å². The first-order valence-corrected chi connectivity index (χ1v) is 7.63. The molecule has 0 radical (unpaired) electrons. The van der Waals surface area contributed by atoms with Crippen LogP contribution in [0.25, 0.3) is 0 Å². The molecule has 0 spiro atoms. The van der Waals surface area contributed by atoms with E-state index in [0.717, 1.165) is 58.7 Å². The second-order valence-electron chi connectivity index (χ2n) is 5.64. The van der Waals surface area contributed by atoms with Crippen molar-refractivity contribution in [3.63, 3.8) is 0 Å². The maximum Gasteiger partial charge on any atom is 0.236 e. The average molecular weight is 269 g/mol. The van der Waals surface area contributed by atoms with E-state index in [1.54, 1.807) is 0 Å². The van der Waals surface area contributed by atoms with Crippen molar-refractivity contribution in [2.75, 3.05) is 59.0 Å². The molecule has 0 unspecified atom stereocenters. The van der Waals surface area contributed by atoms with Gasteiger partial charge in [-0.3, -0.25) is 14.6 Å². The Morgan fingerprint density at radius 2 is 1.42 bits per heavy atom. The summed E-state index contributed by atoms with van der Waals surface area (Å²) < 4.78 is 0. The highest BCUT2D eigenvalue weighted by molar-refractivity contribution is 5.78. The van der Waals surface area contributed by atoms with Gasteiger partial charge >= 0.3 is 0 Å². The van der Waals surface area contributed by atoms with Gasteiger partial charge in [-0.15, -0.1) is 0 Å². The zero-order chi connectivity index (χ0) is 13.5. The van der Waals surface area contributed by atoms with Crippen molar-refractivity contribution in [3.8, 4) is 0 Å². The van der Waals surface area contributed by atoms with Crippen LogP contribution in [-0.4, -0.2) is 84.7 Å². The second-order valence-corrected chi connectivity index (χ2v) is 5.64. The van der Waals surface area contributed by atoms with Gasteiger partial charge in [-0.05, 0) is 12.8 Å². The number of hydrogen-bond donors (Lipinski definition) is 1.